The van der Waals surface area contributed by atoms with Crippen molar-refractivity contribution < 1.29 is 14.3 Å². The second kappa shape index (κ2) is 7.16. The summed E-state index contributed by atoms with van der Waals surface area (Å²) in [6.07, 6.45) is 1.25. The summed E-state index contributed by atoms with van der Waals surface area (Å²) in [7, 11) is 1.30. The minimum atomic E-state index is -0.695. The predicted molar refractivity (Wildman–Crippen MR) is 71.6 cm³/mol. The maximum absolute atomic E-state index is 11.8. The molecule has 0 radical (unpaired) electrons. The Labute approximate surface area is 111 Å². The highest BCUT2D eigenvalue weighted by Crippen LogP contribution is 2.15. The van der Waals surface area contributed by atoms with Crippen molar-refractivity contribution in [3.8, 4) is 0 Å². The molecule has 0 saturated carbocycles. The summed E-state index contributed by atoms with van der Waals surface area (Å²) < 4.78 is 4.60. The van der Waals surface area contributed by atoms with Crippen LogP contribution in [0.2, 0.25) is 0 Å². The lowest BCUT2D eigenvalue weighted by Crippen LogP contribution is -2.36. The van der Waals surface area contributed by atoms with E-state index < -0.39 is 11.9 Å². The lowest BCUT2D eigenvalue weighted by atomic mass is 10.1. The highest BCUT2D eigenvalue weighted by molar-refractivity contribution is 7.10. The standard InChI is InChI=1S/C13H19NO3S/c1-4-10(13(16)17-3)12(15)14-7-5-11-9(2)6-8-18-11/h6,8,10H,4-5,7H2,1-3H3,(H,14,15). The maximum atomic E-state index is 11.8. The number of rotatable bonds is 6. The summed E-state index contributed by atoms with van der Waals surface area (Å²) in [5, 5.41) is 4.82. The third-order valence-electron chi connectivity index (χ3n) is 2.83. The number of esters is 1. The van der Waals surface area contributed by atoms with Crippen molar-refractivity contribution in [2.45, 2.75) is 26.7 Å². The number of hydrogen-bond acceptors (Lipinski definition) is 4. The number of thiophene rings is 1. The zero-order valence-electron chi connectivity index (χ0n) is 11.0. The van der Waals surface area contributed by atoms with Gasteiger partial charge in [-0.2, -0.15) is 0 Å². The fourth-order valence-electron chi connectivity index (χ4n) is 1.68. The zero-order valence-corrected chi connectivity index (χ0v) is 11.8. The fourth-order valence-corrected chi connectivity index (χ4v) is 2.59. The first kappa shape index (κ1) is 14.7. The van der Waals surface area contributed by atoms with Crippen LogP contribution in [0.5, 0.6) is 0 Å². The number of aryl methyl sites for hydroxylation is 1. The van der Waals surface area contributed by atoms with Crippen molar-refractivity contribution in [3.63, 3.8) is 0 Å². The van der Waals surface area contributed by atoms with Gasteiger partial charge in [0, 0.05) is 11.4 Å². The van der Waals surface area contributed by atoms with Crippen molar-refractivity contribution in [1.29, 1.82) is 0 Å². The van der Waals surface area contributed by atoms with Crippen LogP contribution in [0.25, 0.3) is 0 Å². The van der Waals surface area contributed by atoms with Gasteiger partial charge in [-0.1, -0.05) is 6.92 Å². The van der Waals surface area contributed by atoms with E-state index in [4.69, 9.17) is 0 Å². The van der Waals surface area contributed by atoms with E-state index >= 15 is 0 Å². The van der Waals surface area contributed by atoms with Crippen molar-refractivity contribution in [3.05, 3.63) is 21.9 Å². The van der Waals surface area contributed by atoms with Crippen LogP contribution in [-0.2, 0) is 20.7 Å². The van der Waals surface area contributed by atoms with E-state index in [9.17, 15) is 9.59 Å². The Balaban J connectivity index is 2.41. The van der Waals surface area contributed by atoms with Gasteiger partial charge in [-0.05, 0) is 36.8 Å². The largest absolute Gasteiger partial charge is 0.468 e. The Bertz CT molecular complexity index is 414. The molecule has 1 rings (SSSR count). The van der Waals surface area contributed by atoms with E-state index in [1.54, 1.807) is 18.3 Å². The maximum Gasteiger partial charge on any atom is 0.318 e. The zero-order chi connectivity index (χ0) is 13.5. The van der Waals surface area contributed by atoms with E-state index in [2.05, 4.69) is 23.0 Å². The fraction of sp³-hybridized carbons (Fsp3) is 0.538. The van der Waals surface area contributed by atoms with E-state index in [0.717, 1.165) is 6.42 Å². The molecular weight excluding hydrogens is 250 g/mol. The van der Waals surface area contributed by atoms with Crippen molar-refractivity contribution in [1.82, 2.24) is 5.32 Å². The third kappa shape index (κ3) is 3.84. The Morgan fingerprint density at radius 3 is 2.72 bits per heavy atom. The molecule has 100 valence electrons. The minimum absolute atomic E-state index is 0.251. The Hall–Kier alpha value is -1.36. The molecule has 0 bridgehead atoms. The van der Waals surface area contributed by atoms with Crippen LogP contribution in [-0.4, -0.2) is 25.5 Å². The molecule has 4 nitrogen and oxygen atoms in total. The van der Waals surface area contributed by atoms with Crippen LogP contribution in [0.4, 0.5) is 0 Å². The Morgan fingerprint density at radius 2 is 2.22 bits per heavy atom. The van der Waals surface area contributed by atoms with Gasteiger partial charge in [-0.25, -0.2) is 0 Å². The lowest BCUT2D eigenvalue weighted by molar-refractivity contribution is -0.150. The highest BCUT2D eigenvalue weighted by Gasteiger charge is 2.24. The topological polar surface area (TPSA) is 55.4 Å². The highest BCUT2D eigenvalue weighted by atomic mass is 32.1. The molecule has 0 spiro atoms. The lowest BCUT2D eigenvalue weighted by Gasteiger charge is -2.12. The normalized spacial score (nSPS) is 11.9. The van der Waals surface area contributed by atoms with Gasteiger partial charge in [-0.15, -0.1) is 11.3 Å². The molecule has 0 aromatic carbocycles. The second-order valence-corrected chi connectivity index (χ2v) is 5.05. The smallest absolute Gasteiger partial charge is 0.318 e. The minimum Gasteiger partial charge on any atom is -0.468 e. The number of amides is 1. The average Bonchev–Trinajstić information content (AvgIpc) is 2.76. The van der Waals surface area contributed by atoms with Crippen LogP contribution in [0, 0.1) is 12.8 Å². The van der Waals surface area contributed by atoms with Gasteiger partial charge >= 0.3 is 5.97 Å². The molecule has 1 atom stereocenters. The molecular formula is C13H19NO3S. The third-order valence-corrected chi connectivity index (χ3v) is 3.91. The summed E-state index contributed by atoms with van der Waals surface area (Å²) in [4.78, 5) is 24.4. The quantitative estimate of drug-likeness (QED) is 0.634. The number of carbonyl (C=O) groups is 2. The molecule has 0 aliphatic carbocycles. The molecule has 0 aliphatic heterocycles. The van der Waals surface area contributed by atoms with E-state index in [1.807, 2.05) is 5.38 Å². The van der Waals surface area contributed by atoms with Gasteiger partial charge < -0.3 is 10.1 Å². The van der Waals surface area contributed by atoms with Crippen molar-refractivity contribution in [2.75, 3.05) is 13.7 Å². The van der Waals surface area contributed by atoms with E-state index in [0.29, 0.717) is 13.0 Å². The van der Waals surface area contributed by atoms with Gasteiger partial charge in [0.2, 0.25) is 5.91 Å². The van der Waals surface area contributed by atoms with Gasteiger partial charge in [0.1, 0.15) is 5.92 Å². The van der Waals surface area contributed by atoms with E-state index in [1.165, 1.54) is 17.6 Å². The van der Waals surface area contributed by atoms with Gasteiger partial charge in [0.15, 0.2) is 0 Å². The molecule has 0 saturated heterocycles. The van der Waals surface area contributed by atoms with Crippen LogP contribution >= 0.6 is 11.3 Å². The molecule has 18 heavy (non-hydrogen) atoms. The molecule has 1 aromatic rings. The average molecular weight is 269 g/mol. The number of nitrogens with one attached hydrogen (secondary N) is 1. The molecule has 1 heterocycles. The molecule has 1 N–H and O–H groups in total. The van der Waals surface area contributed by atoms with Crippen LogP contribution < -0.4 is 5.32 Å². The first-order valence-electron chi connectivity index (χ1n) is 5.98. The predicted octanol–water partition coefficient (Wildman–Crippen LogP) is 1.91. The molecule has 0 fully saturated rings. The summed E-state index contributed by atoms with van der Waals surface area (Å²) in [5.74, 6) is -1.42. The Morgan fingerprint density at radius 1 is 1.50 bits per heavy atom. The van der Waals surface area contributed by atoms with Crippen molar-refractivity contribution >= 4 is 23.2 Å². The molecule has 5 heteroatoms. The SMILES string of the molecule is CCC(C(=O)NCCc1sccc1C)C(=O)OC. The molecule has 1 unspecified atom stereocenters. The van der Waals surface area contributed by atoms with E-state index in [-0.39, 0.29) is 5.91 Å². The monoisotopic (exact) mass is 269 g/mol. The first-order chi connectivity index (χ1) is 8.60. The molecule has 0 aliphatic rings. The summed E-state index contributed by atoms with van der Waals surface area (Å²) in [6, 6.07) is 2.06. The summed E-state index contributed by atoms with van der Waals surface area (Å²) in [6.45, 7) is 4.40. The Kier molecular flexibility index (Phi) is 5.85. The van der Waals surface area contributed by atoms with Gasteiger partial charge in [-0.3, -0.25) is 9.59 Å². The van der Waals surface area contributed by atoms with Crippen LogP contribution in [0.15, 0.2) is 11.4 Å². The number of carbonyl (C=O) groups excluding carboxylic acids is 2. The first-order valence-corrected chi connectivity index (χ1v) is 6.86. The van der Waals surface area contributed by atoms with Crippen LogP contribution in [0.3, 0.4) is 0 Å². The molecule has 1 aromatic heterocycles. The molecule has 1 amide bonds. The second-order valence-electron chi connectivity index (χ2n) is 4.05. The van der Waals surface area contributed by atoms with Crippen LogP contribution in [0.1, 0.15) is 23.8 Å². The summed E-state index contributed by atoms with van der Waals surface area (Å²) in [5.41, 5.74) is 1.24. The number of hydrogen-bond donors (Lipinski definition) is 1. The van der Waals surface area contributed by atoms with Gasteiger partial charge in [0.25, 0.3) is 0 Å². The number of ether oxygens (including phenoxy) is 1. The van der Waals surface area contributed by atoms with Crippen molar-refractivity contribution in [2.24, 2.45) is 5.92 Å². The number of methoxy groups -OCH3 is 1. The summed E-state index contributed by atoms with van der Waals surface area (Å²) >= 11 is 1.68. The van der Waals surface area contributed by atoms with Gasteiger partial charge in [0.05, 0.1) is 7.11 Å².